The van der Waals surface area contributed by atoms with Gasteiger partial charge in [0.2, 0.25) is 5.89 Å². The van der Waals surface area contributed by atoms with Crippen LogP contribution in [0.5, 0.6) is 11.5 Å². The predicted octanol–water partition coefficient (Wildman–Crippen LogP) is 5.91. The van der Waals surface area contributed by atoms with Crippen LogP contribution in [0.15, 0.2) is 71.1 Å². The van der Waals surface area contributed by atoms with E-state index in [1.54, 1.807) is 12.1 Å². The van der Waals surface area contributed by atoms with Gasteiger partial charge >= 0.3 is 0 Å². The molecule has 7 nitrogen and oxygen atoms in total. The third-order valence-corrected chi connectivity index (χ3v) is 5.43. The van der Waals surface area contributed by atoms with Crippen LogP contribution in [0, 0.1) is 0 Å². The molecule has 0 spiro atoms. The lowest BCUT2D eigenvalue weighted by atomic mass is 10.0. The average molecular weight is 490 g/mol. The summed E-state index contributed by atoms with van der Waals surface area (Å²) in [6.07, 6.45) is 0. The second-order valence-electron chi connectivity index (χ2n) is 8.17. The van der Waals surface area contributed by atoms with E-state index < -0.39 is 0 Å². The van der Waals surface area contributed by atoms with Gasteiger partial charge in [-0.25, -0.2) is 4.98 Å². The van der Waals surface area contributed by atoms with E-state index in [0.29, 0.717) is 41.0 Å². The van der Waals surface area contributed by atoms with Crippen molar-refractivity contribution in [2.75, 3.05) is 18.5 Å². The van der Waals surface area contributed by atoms with Gasteiger partial charge < -0.3 is 19.2 Å². The second kappa shape index (κ2) is 11.0. The van der Waals surface area contributed by atoms with Crippen molar-refractivity contribution in [3.05, 3.63) is 72.3 Å². The van der Waals surface area contributed by atoms with Gasteiger partial charge in [-0.1, -0.05) is 26.0 Å². The molecule has 0 aliphatic heterocycles. The van der Waals surface area contributed by atoms with Gasteiger partial charge in [0.15, 0.2) is 17.3 Å². The van der Waals surface area contributed by atoms with Crippen molar-refractivity contribution in [3.63, 3.8) is 0 Å². The molecule has 0 atom stereocenters. The first kappa shape index (κ1) is 24.2. The van der Waals surface area contributed by atoms with Gasteiger partial charge in [-0.15, -0.1) is 0 Å². The zero-order valence-corrected chi connectivity index (χ0v) is 20.6. The lowest BCUT2D eigenvalue weighted by molar-refractivity contribution is -0.121. The molecular formula is C27H27N3O4S. The number of fused-ring (bicyclic) bond motifs is 1. The lowest BCUT2D eigenvalue weighted by Gasteiger charge is -2.11. The highest BCUT2D eigenvalue weighted by molar-refractivity contribution is 7.80. The normalized spacial score (nSPS) is 10.9. The molecule has 180 valence electrons. The van der Waals surface area contributed by atoms with E-state index in [0.717, 1.165) is 11.3 Å². The van der Waals surface area contributed by atoms with Crippen LogP contribution < -0.4 is 20.1 Å². The van der Waals surface area contributed by atoms with Crippen LogP contribution in [0.4, 0.5) is 5.69 Å². The third kappa shape index (κ3) is 6.36. The summed E-state index contributed by atoms with van der Waals surface area (Å²) in [6.45, 7) is 6.66. The monoisotopic (exact) mass is 489 g/mol. The summed E-state index contributed by atoms with van der Waals surface area (Å²) < 4.78 is 16.9. The summed E-state index contributed by atoms with van der Waals surface area (Å²) in [5.74, 6) is 2.02. The number of thiocarbonyl (C=S) groups is 1. The van der Waals surface area contributed by atoms with E-state index in [2.05, 4.69) is 29.5 Å². The highest BCUT2D eigenvalue weighted by Crippen LogP contribution is 2.27. The molecule has 0 saturated carbocycles. The molecular weight excluding hydrogens is 462 g/mol. The Balaban J connectivity index is 1.32. The van der Waals surface area contributed by atoms with Crippen LogP contribution in [-0.2, 0) is 4.79 Å². The number of hydrogen-bond donors (Lipinski definition) is 2. The van der Waals surface area contributed by atoms with Gasteiger partial charge in [0.05, 0.1) is 6.61 Å². The molecule has 0 bridgehead atoms. The maximum absolute atomic E-state index is 12.2. The van der Waals surface area contributed by atoms with Gasteiger partial charge in [-0.2, -0.15) is 0 Å². The van der Waals surface area contributed by atoms with Crippen molar-refractivity contribution in [3.8, 4) is 23.0 Å². The summed E-state index contributed by atoms with van der Waals surface area (Å²) in [6, 6.07) is 20.7. The Morgan fingerprint density at radius 3 is 2.37 bits per heavy atom. The van der Waals surface area contributed by atoms with E-state index >= 15 is 0 Å². The summed E-state index contributed by atoms with van der Waals surface area (Å²) in [5.41, 5.74) is 4.05. The van der Waals surface area contributed by atoms with Crippen molar-refractivity contribution < 1.29 is 18.7 Å². The van der Waals surface area contributed by atoms with E-state index in [-0.39, 0.29) is 17.6 Å². The van der Waals surface area contributed by atoms with Crippen LogP contribution in [0.2, 0.25) is 0 Å². The number of ether oxygens (including phenoxy) is 2. The molecule has 35 heavy (non-hydrogen) atoms. The van der Waals surface area contributed by atoms with E-state index in [1.807, 2.05) is 61.5 Å². The Bertz CT molecular complexity index is 1310. The number of carbonyl (C=O) groups excluding carboxylic acids is 1. The minimum absolute atomic E-state index is 0.142. The molecule has 1 aromatic heterocycles. The van der Waals surface area contributed by atoms with Crippen LogP contribution in [0.25, 0.3) is 22.6 Å². The van der Waals surface area contributed by atoms with E-state index in [4.69, 9.17) is 26.1 Å². The largest absolute Gasteiger partial charge is 0.494 e. The second-order valence-corrected chi connectivity index (χ2v) is 8.58. The summed E-state index contributed by atoms with van der Waals surface area (Å²) in [4.78, 5) is 16.8. The fourth-order valence-corrected chi connectivity index (χ4v) is 3.64. The summed E-state index contributed by atoms with van der Waals surface area (Å²) in [5, 5.41) is 5.79. The number of aromatic nitrogens is 1. The SMILES string of the molecule is CCOc1ccc(-c2nc3cc(NC(=S)NC(=O)COc4ccc(C(C)C)cc4)ccc3o2)cc1. The smallest absolute Gasteiger partial charge is 0.264 e. The van der Waals surface area contributed by atoms with Crippen molar-refractivity contribution in [1.82, 2.24) is 10.3 Å². The fraction of sp³-hybridized carbons (Fsp3) is 0.222. The van der Waals surface area contributed by atoms with Gasteiger partial charge in [0.25, 0.3) is 5.91 Å². The molecule has 0 aliphatic rings. The molecule has 4 rings (SSSR count). The van der Waals surface area contributed by atoms with Crippen LogP contribution in [0.1, 0.15) is 32.3 Å². The molecule has 0 radical (unpaired) electrons. The van der Waals surface area contributed by atoms with Gasteiger partial charge in [-0.05, 0) is 85.2 Å². The Labute approximate surface area is 209 Å². The first-order chi connectivity index (χ1) is 16.9. The first-order valence-corrected chi connectivity index (χ1v) is 11.8. The van der Waals surface area contributed by atoms with Gasteiger partial charge in [0.1, 0.15) is 17.0 Å². The minimum atomic E-state index is -0.351. The highest BCUT2D eigenvalue weighted by Gasteiger charge is 2.11. The Hall–Kier alpha value is -3.91. The molecule has 0 unspecified atom stereocenters. The minimum Gasteiger partial charge on any atom is -0.494 e. The lowest BCUT2D eigenvalue weighted by Crippen LogP contribution is -2.37. The van der Waals surface area contributed by atoms with Gasteiger partial charge in [-0.3, -0.25) is 10.1 Å². The fourth-order valence-electron chi connectivity index (χ4n) is 3.41. The first-order valence-electron chi connectivity index (χ1n) is 11.4. The Morgan fingerprint density at radius 2 is 1.69 bits per heavy atom. The molecule has 1 amide bonds. The molecule has 3 aromatic carbocycles. The number of amides is 1. The van der Waals surface area contributed by atoms with E-state index in [1.165, 1.54) is 5.56 Å². The standard InChI is InChI=1S/C27H27N3O4S/c1-4-32-21-12-7-19(8-13-21)26-29-23-15-20(9-14-24(23)34-26)28-27(35)30-25(31)16-33-22-10-5-18(6-11-22)17(2)3/h5-15,17H,4,16H2,1-3H3,(H2,28,30,31,35). The highest BCUT2D eigenvalue weighted by atomic mass is 32.1. The Kier molecular flexibility index (Phi) is 7.62. The third-order valence-electron chi connectivity index (χ3n) is 5.23. The topological polar surface area (TPSA) is 85.6 Å². The summed E-state index contributed by atoms with van der Waals surface area (Å²) in [7, 11) is 0. The predicted molar refractivity (Wildman–Crippen MR) is 141 cm³/mol. The Morgan fingerprint density at radius 1 is 1.00 bits per heavy atom. The maximum Gasteiger partial charge on any atom is 0.264 e. The quantitative estimate of drug-likeness (QED) is 0.298. The molecule has 0 aliphatic carbocycles. The number of oxazole rings is 1. The van der Waals surface area contributed by atoms with Crippen molar-refractivity contribution in [1.29, 1.82) is 0 Å². The van der Waals surface area contributed by atoms with E-state index in [9.17, 15) is 4.79 Å². The average Bonchev–Trinajstić information content (AvgIpc) is 3.27. The van der Waals surface area contributed by atoms with Gasteiger partial charge in [0, 0.05) is 11.3 Å². The zero-order chi connectivity index (χ0) is 24.8. The van der Waals surface area contributed by atoms with Crippen LogP contribution >= 0.6 is 12.2 Å². The number of carbonyl (C=O) groups is 1. The van der Waals surface area contributed by atoms with Crippen LogP contribution in [0.3, 0.4) is 0 Å². The molecule has 1 heterocycles. The number of rotatable bonds is 8. The summed E-state index contributed by atoms with van der Waals surface area (Å²) >= 11 is 5.27. The van der Waals surface area contributed by atoms with Crippen molar-refractivity contribution in [2.45, 2.75) is 26.7 Å². The molecule has 2 N–H and O–H groups in total. The van der Waals surface area contributed by atoms with Crippen molar-refractivity contribution in [2.24, 2.45) is 0 Å². The number of hydrogen-bond acceptors (Lipinski definition) is 6. The maximum atomic E-state index is 12.2. The molecule has 0 saturated heterocycles. The zero-order valence-electron chi connectivity index (χ0n) is 19.8. The van der Waals surface area contributed by atoms with Crippen LogP contribution in [-0.4, -0.2) is 29.2 Å². The molecule has 8 heteroatoms. The van der Waals surface area contributed by atoms with Crippen molar-refractivity contribution >= 4 is 40.0 Å². The number of anilines is 1. The number of nitrogens with zero attached hydrogens (tertiary/aromatic N) is 1. The molecule has 0 fully saturated rings. The molecule has 4 aromatic rings. The number of nitrogens with one attached hydrogen (secondary N) is 2. The number of benzene rings is 3.